The predicted octanol–water partition coefficient (Wildman–Crippen LogP) is 2.74. The molecule has 0 radical (unpaired) electrons. The van der Waals surface area contributed by atoms with E-state index in [2.05, 4.69) is 20.7 Å². The topological polar surface area (TPSA) is 115 Å². The van der Waals surface area contributed by atoms with E-state index in [1.54, 1.807) is 24.3 Å². The Bertz CT molecular complexity index is 808. The van der Waals surface area contributed by atoms with Gasteiger partial charge >= 0.3 is 0 Å². The summed E-state index contributed by atoms with van der Waals surface area (Å²) in [5, 5.41) is 10.7. The van der Waals surface area contributed by atoms with Crippen molar-refractivity contribution >= 4 is 43.0 Å². The van der Waals surface area contributed by atoms with Gasteiger partial charge in [-0.2, -0.15) is 0 Å². The fraction of sp³-hybridized carbons (Fsp3) is 0. The van der Waals surface area contributed by atoms with Crippen molar-refractivity contribution in [3.05, 3.63) is 57.1 Å². The normalized spacial score (nSPS) is 11.1. The first-order valence-electron chi connectivity index (χ1n) is 5.62. The predicted molar refractivity (Wildman–Crippen MR) is 82.5 cm³/mol. The third-order valence-electron chi connectivity index (χ3n) is 2.62. The highest BCUT2D eigenvalue weighted by Crippen LogP contribution is 2.28. The molecular formula is C12H10BrN3O4S. The van der Waals surface area contributed by atoms with Crippen molar-refractivity contribution in [2.24, 2.45) is 0 Å². The van der Waals surface area contributed by atoms with Crippen LogP contribution in [0, 0.1) is 10.1 Å². The number of sulfonamides is 1. The summed E-state index contributed by atoms with van der Waals surface area (Å²) < 4.78 is 27.4. The zero-order valence-corrected chi connectivity index (χ0v) is 12.9. The lowest BCUT2D eigenvalue weighted by atomic mass is 10.3. The Kier molecular flexibility index (Phi) is 4.14. The lowest BCUT2D eigenvalue weighted by Crippen LogP contribution is -2.13. The highest BCUT2D eigenvalue weighted by molar-refractivity contribution is 9.10. The highest BCUT2D eigenvalue weighted by Gasteiger charge is 2.19. The number of rotatable bonds is 4. The number of benzene rings is 2. The molecule has 0 saturated heterocycles. The Morgan fingerprint density at radius 1 is 1.19 bits per heavy atom. The van der Waals surface area contributed by atoms with E-state index in [1.807, 2.05) is 0 Å². The molecule has 0 atom stereocenters. The number of nitrogen functional groups attached to an aromatic ring is 1. The van der Waals surface area contributed by atoms with Gasteiger partial charge in [0.1, 0.15) is 5.69 Å². The number of nitro groups is 1. The van der Waals surface area contributed by atoms with Crippen LogP contribution in [0.4, 0.5) is 17.1 Å². The van der Waals surface area contributed by atoms with Crippen LogP contribution in [-0.4, -0.2) is 13.3 Å². The summed E-state index contributed by atoms with van der Waals surface area (Å²) >= 11 is 3.23. The summed E-state index contributed by atoms with van der Waals surface area (Å²) in [5.41, 5.74) is 5.30. The molecule has 0 unspecified atom stereocenters. The molecule has 0 saturated carbocycles. The molecule has 7 nitrogen and oxygen atoms in total. The molecule has 0 spiro atoms. The molecule has 0 aliphatic carbocycles. The van der Waals surface area contributed by atoms with Crippen LogP contribution in [0.5, 0.6) is 0 Å². The van der Waals surface area contributed by atoms with Gasteiger partial charge < -0.3 is 5.73 Å². The maximum absolute atomic E-state index is 12.2. The number of halogens is 1. The molecule has 3 N–H and O–H groups in total. The Balaban J connectivity index is 2.39. The van der Waals surface area contributed by atoms with Crippen LogP contribution in [0.3, 0.4) is 0 Å². The highest BCUT2D eigenvalue weighted by atomic mass is 79.9. The fourth-order valence-corrected chi connectivity index (χ4v) is 3.24. The number of nitrogens with one attached hydrogen (secondary N) is 1. The van der Waals surface area contributed by atoms with Crippen LogP contribution >= 0.6 is 15.9 Å². The molecular weight excluding hydrogens is 362 g/mol. The van der Waals surface area contributed by atoms with Crippen LogP contribution in [0.15, 0.2) is 51.8 Å². The van der Waals surface area contributed by atoms with Crippen molar-refractivity contribution in [2.75, 3.05) is 10.5 Å². The third kappa shape index (κ3) is 3.31. The molecule has 0 aromatic heterocycles. The van der Waals surface area contributed by atoms with E-state index < -0.39 is 14.9 Å². The third-order valence-corrected chi connectivity index (χ3v) is 4.68. The average molecular weight is 372 g/mol. The number of nitrogens with two attached hydrogens (primary N) is 1. The van der Waals surface area contributed by atoms with Crippen LogP contribution in [0.1, 0.15) is 0 Å². The van der Waals surface area contributed by atoms with Crippen LogP contribution < -0.4 is 10.5 Å². The van der Waals surface area contributed by atoms with Crippen molar-refractivity contribution in [3.63, 3.8) is 0 Å². The Morgan fingerprint density at radius 3 is 2.43 bits per heavy atom. The van der Waals surface area contributed by atoms with Gasteiger partial charge in [-0.1, -0.05) is 12.1 Å². The molecule has 0 aliphatic heterocycles. The van der Waals surface area contributed by atoms with E-state index in [9.17, 15) is 18.5 Å². The summed E-state index contributed by atoms with van der Waals surface area (Å²) in [7, 11) is -3.88. The van der Waals surface area contributed by atoms with Gasteiger partial charge in [-0.25, -0.2) is 8.42 Å². The summed E-state index contributed by atoms with van der Waals surface area (Å²) in [6.07, 6.45) is 0. The van der Waals surface area contributed by atoms with Crippen molar-refractivity contribution in [3.8, 4) is 0 Å². The Morgan fingerprint density at radius 2 is 1.86 bits per heavy atom. The van der Waals surface area contributed by atoms with E-state index in [1.165, 1.54) is 0 Å². The minimum absolute atomic E-state index is 0.152. The smallest absolute Gasteiger partial charge is 0.292 e. The second-order valence-electron chi connectivity index (χ2n) is 4.06. The molecule has 2 aromatic rings. The van der Waals surface area contributed by atoms with Gasteiger partial charge in [-0.15, -0.1) is 0 Å². The summed E-state index contributed by atoms with van der Waals surface area (Å²) in [6.45, 7) is 0. The lowest BCUT2D eigenvalue weighted by molar-refractivity contribution is -0.383. The van der Waals surface area contributed by atoms with Crippen molar-refractivity contribution in [2.45, 2.75) is 4.90 Å². The van der Waals surface area contributed by atoms with Gasteiger partial charge in [-0.05, 0) is 40.2 Å². The number of para-hydroxylation sites is 1. The molecule has 21 heavy (non-hydrogen) atoms. The first kappa shape index (κ1) is 15.3. The number of nitrogens with zero attached hydrogens (tertiary/aromatic N) is 1. The second kappa shape index (κ2) is 5.70. The molecule has 2 rings (SSSR count). The van der Waals surface area contributed by atoms with Crippen LogP contribution in [-0.2, 0) is 10.0 Å². The largest absolute Gasteiger partial charge is 0.393 e. The molecule has 2 aromatic carbocycles. The lowest BCUT2D eigenvalue weighted by Gasteiger charge is -2.10. The monoisotopic (exact) mass is 371 g/mol. The maximum Gasteiger partial charge on any atom is 0.292 e. The van der Waals surface area contributed by atoms with E-state index >= 15 is 0 Å². The molecule has 9 heteroatoms. The van der Waals surface area contributed by atoms with Gasteiger partial charge in [0.25, 0.3) is 15.7 Å². The Labute approximate surface area is 129 Å². The molecule has 0 heterocycles. The number of anilines is 2. The molecule has 0 fully saturated rings. The minimum atomic E-state index is -3.88. The molecule has 0 amide bonds. The van der Waals surface area contributed by atoms with E-state index in [0.717, 1.165) is 18.2 Å². The average Bonchev–Trinajstić information content (AvgIpc) is 2.40. The van der Waals surface area contributed by atoms with Crippen molar-refractivity contribution < 1.29 is 13.3 Å². The standard InChI is InChI=1S/C12H10BrN3O4S/c13-9-3-1-2-4-11(9)15-21(19,20)8-5-6-12(16(17)18)10(14)7-8/h1-7,15H,14H2. The zero-order chi connectivity index (χ0) is 15.6. The second-order valence-corrected chi connectivity index (χ2v) is 6.60. The van der Waals surface area contributed by atoms with E-state index in [-0.39, 0.29) is 16.3 Å². The first-order chi connectivity index (χ1) is 9.81. The molecule has 0 aliphatic rings. The zero-order valence-electron chi connectivity index (χ0n) is 10.5. The molecule has 0 bridgehead atoms. The Hall–Kier alpha value is -2.13. The van der Waals surface area contributed by atoms with Gasteiger partial charge in [0.2, 0.25) is 0 Å². The van der Waals surface area contributed by atoms with E-state index in [0.29, 0.717) is 10.2 Å². The number of hydrogen-bond acceptors (Lipinski definition) is 5. The van der Waals surface area contributed by atoms with Crippen molar-refractivity contribution in [1.82, 2.24) is 0 Å². The summed E-state index contributed by atoms with van der Waals surface area (Å²) in [4.78, 5) is 9.85. The number of nitro benzene ring substituents is 1. The summed E-state index contributed by atoms with van der Waals surface area (Å²) in [5.74, 6) is 0. The van der Waals surface area contributed by atoms with Gasteiger partial charge in [0.15, 0.2) is 0 Å². The summed E-state index contributed by atoms with van der Waals surface area (Å²) in [6, 6.07) is 9.92. The number of hydrogen-bond donors (Lipinski definition) is 2. The SMILES string of the molecule is Nc1cc(S(=O)(=O)Nc2ccccc2Br)ccc1[N+](=O)[O-]. The molecule has 110 valence electrons. The van der Waals surface area contributed by atoms with E-state index in [4.69, 9.17) is 5.73 Å². The van der Waals surface area contributed by atoms with Gasteiger partial charge in [-0.3, -0.25) is 14.8 Å². The first-order valence-corrected chi connectivity index (χ1v) is 7.90. The van der Waals surface area contributed by atoms with Crippen molar-refractivity contribution in [1.29, 1.82) is 0 Å². The van der Waals surface area contributed by atoms with Gasteiger partial charge in [0.05, 0.1) is 15.5 Å². The van der Waals surface area contributed by atoms with Gasteiger partial charge in [0, 0.05) is 10.5 Å². The fourth-order valence-electron chi connectivity index (χ4n) is 1.61. The van der Waals surface area contributed by atoms with Crippen LogP contribution in [0.25, 0.3) is 0 Å². The quantitative estimate of drug-likeness (QED) is 0.486. The maximum atomic E-state index is 12.2. The minimum Gasteiger partial charge on any atom is -0.393 e. The van der Waals surface area contributed by atoms with Crippen LogP contribution in [0.2, 0.25) is 0 Å².